The predicted octanol–water partition coefficient (Wildman–Crippen LogP) is 2.64. The van der Waals surface area contributed by atoms with E-state index >= 15 is 0 Å². The van der Waals surface area contributed by atoms with Crippen molar-refractivity contribution in [3.8, 4) is 11.5 Å². The maximum Gasteiger partial charge on any atom is 0.349 e. The fraction of sp³-hybridized carbons (Fsp3) is 0.250. The molecular weight excluding hydrogens is 426 g/mol. The zero-order valence-corrected chi connectivity index (χ0v) is 18.7. The maximum absolute atomic E-state index is 12.7. The predicted molar refractivity (Wildman–Crippen MR) is 125 cm³/mol. The number of hydrogen-bond donors (Lipinski definition) is 1. The molecule has 0 saturated heterocycles. The molecular formula is C24H25N3O6. The van der Waals surface area contributed by atoms with Crippen LogP contribution in [0.1, 0.15) is 25.0 Å². The summed E-state index contributed by atoms with van der Waals surface area (Å²) in [4.78, 5) is 39.6. The second kappa shape index (κ2) is 10.4. The van der Waals surface area contributed by atoms with Gasteiger partial charge in [-0.25, -0.2) is 9.59 Å². The van der Waals surface area contributed by atoms with Gasteiger partial charge in [0, 0.05) is 5.56 Å². The average Bonchev–Trinajstić information content (AvgIpc) is 2.80. The second-order valence-electron chi connectivity index (χ2n) is 7.05. The first-order valence-corrected chi connectivity index (χ1v) is 10.3. The fourth-order valence-electron chi connectivity index (χ4n) is 3.23. The van der Waals surface area contributed by atoms with Crippen molar-refractivity contribution in [2.24, 2.45) is 5.10 Å². The van der Waals surface area contributed by atoms with E-state index < -0.39 is 23.3 Å². The van der Waals surface area contributed by atoms with E-state index in [1.165, 1.54) is 13.3 Å². The van der Waals surface area contributed by atoms with Crippen LogP contribution in [0, 0.1) is 0 Å². The van der Waals surface area contributed by atoms with Gasteiger partial charge in [0.2, 0.25) is 0 Å². The van der Waals surface area contributed by atoms with E-state index in [4.69, 9.17) is 14.2 Å². The van der Waals surface area contributed by atoms with Gasteiger partial charge in [0.25, 0.3) is 5.56 Å². The Balaban J connectivity index is 2.07. The third-order valence-electron chi connectivity index (χ3n) is 4.75. The highest BCUT2D eigenvalue weighted by molar-refractivity contribution is 5.82. The first-order valence-electron chi connectivity index (χ1n) is 10.3. The highest BCUT2D eigenvalue weighted by atomic mass is 16.6. The van der Waals surface area contributed by atoms with E-state index in [0.717, 1.165) is 4.68 Å². The molecule has 9 nitrogen and oxygen atoms in total. The van der Waals surface area contributed by atoms with Gasteiger partial charge >= 0.3 is 11.7 Å². The Morgan fingerprint density at radius 3 is 2.73 bits per heavy atom. The van der Waals surface area contributed by atoms with Crippen LogP contribution in [-0.4, -0.2) is 41.7 Å². The number of carbonyl (C=O) groups excluding carboxylic acids is 1. The molecule has 1 heterocycles. The van der Waals surface area contributed by atoms with Crippen molar-refractivity contribution in [3.05, 3.63) is 81.0 Å². The standard InChI is InChI=1S/C24H25N3O6/c1-5-9-17-12-16(13-20(32-6-2)21(17)33-15(3)23(29)31-4)14-25-27-22(28)18-10-7-8-11-19(18)26-24(27)30/h5,7-8,10-15H,1,6,9H2,2-4H3,(H,26,30)/t15-/m1/s1. The number of rotatable bonds is 9. The largest absolute Gasteiger partial charge is 0.490 e. The smallest absolute Gasteiger partial charge is 0.349 e. The van der Waals surface area contributed by atoms with Crippen LogP contribution in [0.15, 0.2) is 63.7 Å². The lowest BCUT2D eigenvalue weighted by Crippen LogP contribution is -2.32. The van der Waals surface area contributed by atoms with Gasteiger partial charge in [-0.05, 0) is 50.1 Å². The number of allylic oxidation sites excluding steroid dienone is 1. The van der Waals surface area contributed by atoms with Crippen LogP contribution in [-0.2, 0) is 16.0 Å². The van der Waals surface area contributed by atoms with Crippen molar-refractivity contribution in [3.63, 3.8) is 0 Å². The summed E-state index contributed by atoms with van der Waals surface area (Å²) in [6.45, 7) is 7.51. The zero-order valence-electron chi connectivity index (χ0n) is 18.7. The van der Waals surface area contributed by atoms with E-state index in [2.05, 4.69) is 16.7 Å². The zero-order chi connectivity index (χ0) is 24.0. The number of ether oxygens (including phenoxy) is 3. The van der Waals surface area contributed by atoms with E-state index in [9.17, 15) is 14.4 Å². The van der Waals surface area contributed by atoms with E-state index in [1.807, 2.05) is 6.92 Å². The minimum absolute atomic E-state index is 0.345. The normalized spacial score (nSPS) is 12.0. The Hall–Kier alpha value is -4.14. The van der Waals surface area contributed by atoms with E-state index in [1.54, 1.807) is 49.4 Å². The number of esters is 1. The molecule has 0 fully saturated rings. The molecule has 0 spiro atoms. The number of nitrogens with zero attached hydrogens (tertiary/aromatic N) is 2. The quantitative estimate of drug-likeness (QED) is 0.304. The molecule has 0 aliphatic heterocycles. The van der Waals surface area contributed by atoms with Crippen LogP contribution in [0.5, 0.6) is 11.5 Å². The Morgan fingerprint density at radius 1 is 1.27 bits per heavy atom. The maximum atomic E-state index is 12.7. The van der Waals surface area contributed by atoms with E-state index in [0.29, 0.717) is 46.6 Å². The number of H-pyrrole nitrogens is 1. The number of para-hydroxylation sites is 1. The molecule has 3 rings (SSSR count). The Labute approximate surface area is 189 Å². The first-order chi connectivity index (χ1) is 15.9. The van der Waals surface area contributed by atoms with E-state index in [-0.39, 0.29) is 0 Å². The van der Waals surface area contributed by atoms with Gasteiger partial charge in [-0.15, -0.1) is 11.3 Å². The summed E-state index contributed by atoms with van der Waals surface area (Å²) in [5.41, 5.74) is 0.500. The van der Waals surface area contributed by atoms with Crippen LogP contribution in [0.2, 0.25) is 0 Å². The van der Waals surface area contributed by atoms with Crippen molar-refractivity contribution in [1.29, 1.82) is 0 Å². The molecule has 2 aromatic carbocycles. The molecule has 0 bridgehead atoms. The topological polar surface area (TPSA) is 112 Å². The monoisotopic (exact) mass is 451 g/mol. The molecule has 1 atom stereocenters. The van der Waals surface area contributed by atoms with Crippen LogP contribution < -0.4 is 20.7 Å². The van der Waals surface area contributed by atoms with Gasteiger partial charge in [0.15, 0.2) is 17.6 Å². The molecule has 0 aliphatic rings. The molecule has 0 amide bonds. The molecule has 33 heavy (non-hydrogen) atoms. The second-order valence-corrected chi connectivity index (χ2v) is 7.05. The minimum Gasteiger partial charge on any atom is -0.490 e. The van der Waals surface area contributed by atoms with Gasteiger partial charge in [0.05, 0.1) is 30.8 Å². The summed E-state index contributed by atoms with van der Waals surface area (Å²) in [5.74, 6) is 0.240. The number of nitrogens with one attached hydrogen (secondary N) is 1. The third kappa shape index (κ3) is 5.20. The first kappa shape index (κ1) is 23.5. The van der Waals surface area contributed by atoms with Crippen molar-refractivity contribution in [2.75, 3.05) is 13.7 Å². The lowest BCUT2D eigenvalue weighted by Gasteiger charge is -2.19. The molecule has 0 saturated carbocycles. The van der Waals surface area contributed by atoms with Crippen molar-refractivity contribution in [1.82, 2.24) is 9.66 Å². The molecule has 0 radical (unpaired) electrons. The molecule has 172 valence electrons. The van der Waals surface area contributed by atoms with Crippen molar-refractivity contribution < 1.29 is 19.0 Å². The number of aromatic nitrogens is 2. The average molecular weight is 451 g/mol. The number of aromatic amines is 1. The molecule has 9 heteroatoms. The number of benzene rings is 2. The summed E-state index contributed by atoms with van der Waals surface area (Å²) in [6, 6.07) is 10.1. The number of fused-ring (bicyclic) bond motifs is 1. The van der Waals surface area contributed by atoms with Crippen LogP contribution in [0.3, 0.4) is 0 Å². The van der Waals surface area contributed by atoms with Crippen LogP contribution in [0.25, 0.3) is 10.9 Å². The molecule has 0 unspecified atom stereocenters. The SMILES string of the molecule is C=CCc1cc(C=Nn2c(=O)[nH]c3ccccc3c2=O)cc(OCC)c1O[C@H](C)C(=O)OC. The number of hydrogen-bond acceptors (Lipinski definition) is 7. The van der Waals surface area contributed by atoms with Crippen molar-refractivity contribution in [2.45, 2.75) is 26.4 Å². The van der Waals surface area contributed by atoms with Gasteiger partial charge in [-0.3, -0.25) is 4.79 Å². The molecule has 1 aromatic heterocycles. The number of carbonyl (C=O) groups is 1. The number of methoxy groups -OCH3 is 1. The summed E-state index contributed by atoms with van der Waals surface area (Å²) in [6.07, 6.45) is 2.63. The van der Waals surface area contributed by atoms with Gasteiger partial charge in [-0.2, -0.15) is 5.10 Å². The van der Waals surface area contributed by atoms with Gasteiger partial charge < -0.3 is 19.2 Å². The van der Waals surface area contributed by atoms with Crippen LogP contribution >= 0.6 is 0 Å². The lowest BCUT2D eigenvalue weighted by molar-refractivity contribution is -0.147. The summed E-state index contributed by atoms with van der Waals surface area (Å²) in [7, 11) is 1.28. The molecule has 3 aromatic rings. The Kier molecular flexibility index (Phi) is 7.45. The lowest BCUT2D eigenvalue weighted by atomic mass is 10.1. The summed E-state index contributed by atoms with van der Waals surface area (Å²) in [5, 5.41) is 4.44. The highest BCUT2D eigenvalue weighted by Gasteiger charge is 2.20. The molecule has 1 N–H and O–H groups in total. The Morgan fingerprint density at radius 2 is 2.03 bits per heavy atom. The Bertz CT molecular complexity index is 1320. The summed E-state index contributed by atoms with van der Waals surface area (Å²) >= 11 is 0. The summed E-state index contributed by atoms with van der Waals surface area (Å²) < 4.78 is 17.1. The van der Waals surface area contributed by atoms with Gasteiger partial charge in [-0.1, -0.05) is 18.2 Å². The highest BCUT2D eigenvalue weighted by Crippen LogP contribution is 2.34. The van der Waals surface area contributed by atoms with Gasteiger partial charge in [0.1, 0.15) is 0 Å². The fourth-order valence-corrected chi connectivity index (χ4v) is 3.23. The van der Waals surface area contributed by atoms with Crippen LogP contribution in [0.4, 0.5) is 0 Å². The third-order valence-corrected chi connectivity index (χ3v) is 4.75. The molecule has 0 aliphatic carbocycles. The minimum atomic E-state index is -0.855. The van der Waals surface area contributed by atoms with Crippen molar-refractivity contribution >= 4 is 23.1 Å².